The maximum atomic E-state index is 12.0. The van der Waals surface area contributed by atoms with Gasteiger partial charge in [0.15, 0.2) is 0 Å². The molecule has 0 saturated carbocycles. The van der Waals surface area contributed by atoms with Gasteiger partial charge in [-0.15, -0.1) is 0 Å². The van der Waals surface area contributed by atoms with Crippen molar-refractivity contribution >= 4 is 17.2 Å². The number of thiophene rings is 1. The van der Waals surface area contributed by atoms with E-state index in [1.807, 2.05) is 29.6 Å². The molecule has 1 aromatic heterocycles. The van der Waals surface area contributed by atoms with E-state index in [9.17, 15) is 4.79 Å². The van der Waals surface area contributed by atoms with Gasteiger partial charge in [-0.05, 0) is 66.4 Å². The molecule has 2 heterocycles. The van der Waals surface area contributed by atoms with E-state index in [4.69, 9.17) is 9.47 Å². The number of carbonyl (C=O) groups is 1. The summed E-state index contributed by atoms with van der Waals surface area (Å²) >= 11 is 1.66. The van der Waals surface area contributed by atoms with E-state index in [1.54, 1.807) is 11.3 Å². The lowest BCUT2D eigenvalue weighted by molar-refractivity contribution is -0.121. The molecule has 0 unspecified atom stereocenters. The first kappa shape index (κ1) is 20.8. The lowest BCUT2D eigenvalue weighted by atomic mass is 10.1. The number of hydrogen-bond acceptors (Lipinski definition) is 5. The van der Waals surface area contributed by atoms with Crippen molar-refractivity contribution in [2.45, 2.75) is 38.3 Å². The number of amides is 1. The molecule has 1 aromatic carbocycles. The molecule has 1 N–H and O–H groups in total. The van der Waals surface area contributed by atoms with Gasteiger partial charge < -0.3 is 14.8 Å². The summed E-state index contributed by atoms with van der Waals surface area (Å²) in [6, 6.07) is 10.6. The van der Waals surface area contributed by atoms with Crippen LogP contribution in [0, 0.1) is 0 Å². The Morgan fingerprint density at radius 3 is 2.93 bits per heavy atom. The van der Waals surface area contributed by atoms with Crippen molar-refractivity contribution in [1.29, 1.82) is 0 Å². The Hall–Kier alpha value is -1.89. The van der Waals surface area contributed by atoms with Crippen molar-refractivity contribution < 1.29 is 14.3 Å². The van der Waals surface area contributed by atoms with Crippen LogP contribution < -0.4 is 10.1 Å². The third kappa shape index (κ3) is 6.93. The summed E-state index contributed by atoms with van der Waals surface area (Å²) in [5, 5.41) is 7.13. The molecule has 0 aliphatic carbocycles. The second-order valence-electron chi connectivity index (χ2n) is 7.23. The molecule has 152 valence electrons. The van der Waals surface area contributed by atoms with Gasteiger partial charge in [-0.3, -0.25) is 9.69 Å². The topological polar surface area (TPSA) is 50.8 Å². The number of hydrogen-bond donors (Lipinski definition) is 1. The third-order valence-corrected chi connectivity index (χ3v) is 5.87. The number of likely N-dealkylation sites (N-methyl/N-ethyl adjacent to an activating group) is 1. The molecule has 1 saturated heterocycles. The van der Waals surface area contributed by atoms with Crippen molar-refractivity contribution in [2.75, 3.05) is 33.4 Å². The van der Waals surface area contributed by atoms with Crippen LogP contribution in [0.4, 0.5) is 0 Å². The van der Waals surface area contributed by atoms with Crippen LogP contribution in [-0.2, 0) is 22.5 Å². The number of ether oxygens (including phenoxy) is 2. The minimum absolute atomic E-state index is 0.0793. The number of rotatable bonds is 10. The van der Waals surface area contributed by atoms with Gasteiger partial charge >= 0.3 is 0 Å². The van der Waals surface area contributed by atoms with Crippen molar-refractivity contribution in [1.82, 2.24) is 10.2 Å². The summed E-state index contributed by atoms with van der Waals surface area (Å²) in [5.74, 6) is 0.931. The quantitative estimate of drug-likeness (QED) is 0.661. The van der Waals surface area contributed by atoms with Crippen molar-refractivity contribution in [3.8, 4) is 5.75 Å². The molecule has 1 aliphatic rings. The minimum Gasteiger partial charge on any atom is -0.492 e. The average Bonchev–Trinajstić information content (AvgIpc) is 3.25. The Balaban J connectivity index is 1.36. The monoisotopic (exact) mass is 402 g/mol. The van der Waals surface area contributed by atoms with Gasteiger partial charge in [-0.2, -0.15) is 11.3 Å². The molecular weight excluding hydrogens is 372 g/mol. The first-order valence-electron chi connectivity index (χ1n) is 9.98. The average molecular weight is 403 g/mol. The molecule has 1 fully saturated rings. The SMILES string of the molecule is CN(CCOc1cccc(CNC(=O)CCc2ccsc2)c1)C1CCOCC1. The van der Waals surface area contributed by atoms with E-state index >= 15 is 0 Å². The predicted molar refractivity (Wildman–Crippen MR) is 113 cm³/mol. The maximum Gasteiger partial charge on any atom is 0.220 e. The zero-order valence-corrected chi connectivity index (χ0v) is 17.4. The molecule has 0 bridgehead atoms. The van der Waals surface area contributed by atoms with Gasteiger partial charge in [-0.1, -0.05) is 12.1 Å². The Bertz CT molecular complexity index is 714. The highest BCUT2D eigenvalue weighted by Crippen LogP contribution is 2.15. The molecule has 6 heteroatoms. The smallest absolute Gasteiger partial charge is 0.220 e. The molecular formula is C22H30N2O3S. The predicted octanol–water partition coefficient (Wildman–Crippen LogP) is 3.49. The summed E-state index contributed by atoms with van der Waals surface area (Å²) in [6.45, 7) is 3.80. The lowest BCUT2D eigenvalue weighted by Crippen LogP contribution is -2.38. The van der Waals surface area contributed by atoms with Gasteiger partial charge in [0.05, 0.1) is 0 Å². The molecule has 1 amide bonds. The van der Waals surface area contributed by atoms with Crippen molar-refractivity contribution in [3.63, 3.8) is 0 Å². The van der Waals surface area contributed by atoms with Gasteiger partial charge in [0.1, 0.15) is 12.4 Å². The molecule has 28 heavy (non-hydrogen) atoms. The van der Waals surface area contributed by atoms with E-state index in [2.05, 4.69) is 28.7 Å². The zero-order valence-electron chi connectivity index (χ0n) is 16.6. The van der Waals surface area contributed by atoms with Crippen LogP contribution in [0.1, 0.15) is 30.4 Å². The van der Waals surface area contributed by atoms with E-state index in [1.165, 1.54) is 5.56 Å². The molecule has 1 aliphatic heterocycles. The van der Waals surface area contributed by atoms with E-state index in [-0.39, 0.29) is 5.91 Å². The van der Waals surface area contributed by atoms with Crippen LogP contribution in [0.3, 0.4) is 0 Å². The van der Waals surface area contributed by atoms with Crippen LogP contribution in [0.5, 0.6) is 5.75 Å². The molecule has 3 rings (SSSR count). The fraction of sp³-hybridized carbons (Fsp3) is 0.500. The second-order valence-corrected chi connectivity index (χ2v) is 8.01. The summed E-state index contributed by atoms with van der Waals surface area (Å²) in [4.78, 5) is 14.4. The first-order valence-corrected chi connectivity index (χ1v) is 10.9. The highest BCUT2D eigenvalue weighted by molar-refractivity contribution is 7.07. The third-order valence-electron chi connectivity index (χ3n) is 5.14. The number of carbonyl (C=O) groups excluding carboxylic acids is 1. The molecule has 0 radical (unpaired) electrons. The van der Waals surface area contributed by atoms with E-state index < -0.39 is 0 Å². The van der Waals surface area contributed by atoms with Gasteiger partial charge in [0.2, 0.25) is 5.91 Å². The molecule has 0 atom stereocenters. The number of aryl methyl sites for hydroxylation is 1. The van der Waals surface area contributed by atoms with E-state index in [0.29, 0.717) is 25.6 Å². The van der Waals surface area contributed by atoms with Crippen molar-refractivity contribution in [3.05, 3.63) is 52.2 Å². The molecule has 2 aromatic rings. The Morgan fingerprint density at radius 1 is 1.29 bits per heavy atom. The zero-order chi connectivity index (χ0) is 19.6. The van der Waals surface area contributed by atoms with Crippen LogP contribution in [0.25, 0.3) is 0 Å². The number of nitrogens with one attached hydrogen (secondary N) is 1. The molecule has 0 spiro atoms. The highest BCUT2D eigenvalue weighted by Gasteiger charge is 2.17. The lowest BCUT2D eigenvalue weighted by Gasteiger charge is -2.31. The Labute approximate surface area is 171 Å². The fourth-order valence-corrected chi connectivity index (χ4v) is 4.05. The standard InChI is InChI=1S/C22H30N2O3S/c1-24(20-7-11-26-12-8-20)10-13-27-21-4-2-3-19(15-21)16-23-22(25)6-5-18-9-14-28-17-18/h2-4,9,14-15,17,20H,5-8,10-13,16H2,1H3,(H,23,25). The van der Waals surface area contributed by atoms with Gasteiger partial charge in [-0.25, -0.2) is 0 Å². The summed E-state index contributed by atoms with van der Waals surface area (Å²) in [6.07, 6.45) is 3.50. The van der Waals surface area contributed by atoms with Gasteiger partial charge in [0, 0.05) is 38.8 Å². The summed E-state index contributed by atoms with van der Waals surface area (Å²) in [7, 11) is 2.15. The Kier molecular flexibility index (Phi) is 8.33. The number of nitrogens with zero attached hydrogens (tertiary/aromatic N) is 1. The van der Waals surface area contributed by atoms with Crippen molar-refractivity contribution in [2.24, 2.45) is 0 Å². The maximum absolute atomic E-state index is 12.0. The van der Waals surface area contributed by atoms with Crippen LogP contribution in [0.15, 0.2) is 41.1 Å². The summed E-state index contributed by atoms with van der Waals surface area (Å²) < 4.78 is 11.4. The largest absolute Gasteiger partial charge is 0.492 e. The summed E-state index contributed by atoms with van der Waals surface area (Å²) in [5.41, 5.74) is 2.28. The van der Waals surface area contributed by atoms with Gasteiger partial charge in [0.25, 0.3) is 0 Å². The first-order chi connectivity index (χ1) is 13.7. The van der Waals surface area contributed by atoms with Crippen LogP contribution in [0.2, 0.25) is 0 Å². The van der Waals surface area contributed by atoms with E-state index in [0.717, 1.165) is 50.3 Å². The minimum atomic E-state index is 0.0793. The molecule has 5 nitrogen and oxygen atoms in total. The number of benzene rings is 1. The fourth-order valence-electron chi connectivity index (χ4n) is 3.34. The van der Waals surface area contributed by atoms with Crippen LogP contribution in [-0.4, -0.2) is 50.3 Å². The second kappa shape index (κ2) is 11.2. The highest BCUT2D eigenvalue weighted by atomic mass is 32.1. The Morgan fingerprint density at radius 2 is 2.14 bits per heavy atom. The normalized spacial score (nSPS) is 14.9. The van der Waals surface area contributed by atoms with Crippen LogP contribution >= 0.6 is 11.3 Å².